The Morgan fingerprint density at radius 1 is 1.18 bits per heavy atom. The van der Waals surface area contributed by atoms with Crippen LogP contribution in [-0.4, -0.2) is 35.0 Å². The predicted octanol–water partition coefficient (Wildman–Crippen LogP) is 2.76. The lowest BCUT2D eigenvalue weighted by atomic mass is 10.2. The lowest BCUT2D eigenvalue weighted by Gasteiger charge is -2.16. The summed E-state index contributed by atoms with van der Waals surface area (Å²) >= 11 is 0. The molecule has 4 aromatic rings. The van der Waals surface area contributed by atoms with Crippen LogP contribution in [0, 0.1) is 11.3 Å². The lowest BCUT2D eigenvalue weighted by molar-refractivity contribution is -0.405. The van der Waals surface area contributed by atoms with Gasteiger partial charge in [0.1, 0.15) is 11.6 Å². The van der Waals surface area contributed by atoms with Crippen LogP contribution in [0.15, 0.2) is 47.5 Å². The summed E-state index contributed by atoms with van der Waals surface area (Å²) in [4.78, 5) is 21.2. The Morgan fingerprint density at radius 3 is 2.71 bits per heavy atom. The maximum absolute atomic E-state index is 9.35. The predicted molar refractivity (Wildman–Crippen MR) is 127 cm³/mol. The third kappa shape index (κ3) is 4.81. The number of nitrogens with zero attached hydrogens (tertiary/aromatic N) is 5. The molecule has 0 spiro atoms. The Morgan fingerprint density at radius 2 is 2.00 bits per heavy atom. The van der Waals surface area contributed by atoms with E-state index < -0.39 is 0 Å². The molecule has 34 heavy (non-hydrogen) atoms. The number of nitrogens with one attached hydrogen (secondary N) is 2. The van der Waals surface area contributed by atoms with Crippen LogP contribution in [0.3, 0.4) is 0 Å². The Balaban J connectivity index is 1.78. The van der Waals surface area contributed by atoms with Crippen LogP contribution in [-0.2, 0) is 6.42 Å². The zero-order valence-corrected chi connectivity index (χ0v) is 19.0. The number of benzene rings is 2. The number of imidazole rings is 1. The number of fused-ring (bicyclic) bond motifs is 1. The molecular formula is C23H24N9O2+. The Hall–Kier alpha value is -4.85. The van der Waals surface area contributed by atoms with Crippen molar-refractivity contribution in [1.82, 2.24) is 15.0 Å². The quantitative estimate of drug-likeness (QED) is 0.281. The molecule has 4 rings (SSSR count). The third-order valence-electron chi connectivity index (χ3n) is 4.80. The van der Waals surface area contributed by atoms with E-state index in [2.05, 4.69) is 31.0 Å². The van der Waals surface area contributed by atoms with E-state index in [1.54, 1.807) is 36.4 Å². The van der Waals surface area contributed by atoms with E-state index in [0.29, 0.717) is 46.2 Å². The van der Waals surface area contributed by atoms with Crippen molar-refractivity contribution in [3.63, 3.8) is 0 Å². The average molecular weight is 459 g/mol. The number of ether oxygens (including phenoxy) is 2. The number of aliphatic imine (C=N–C) groups is 1. The molecular weight excluding hydrogens is 434 g/mol. The number of aromatic nitrogens is 4. The third-order valence-corrected chi connectivity index (χ3v) is 4.80. The molecule has 0 saturated carbocycles. The monoisotopic (exact) mass is 458 g/mol. The van der Waals surface area contributed by atoms with E-state index in [1.165, 1.54) is 0 Å². The number of aromatic amines is 2. The molecule has 6 N–H and O–H groups in total. The highest BCUT2D eigenvalue weighted by Gasteiger charge is 2.24. The molecule has 0 aliphatic carbocycles. The van der Waals surface area contributed by atoms with E-state index in [4.69, 9.17) is 20.9 Å². The summed E-state index contributed by atoms with van der Waals surface area (Å²) in [6.45, 7) is 1.98. The van der Waals surface area contributed by atoms with Crippen molar-refractivity contribution in [2.24, 2.45) is 16.5 Å². The number of rotatable bonds is 7. The number of H-pyrrole nitrogens is 2. The highest BCUT2D eigenvalue weighted by Crippen LogP contribution is 2.34. The molecule has 2 aromatic heterocycles. The summed E-state index contributed by atoms with van der Waals surface area (Å²) in [5.41, 5.74) is 13.7. The fraction of sp³-hybridized carbons (Fsp3) is 0.174. The highest BCUT2D eigenvalue weighted by molar-refractivity contribution is 5.79. The Labute approximate surface area is 195 Å². The molecule has 0 aliphatic rings. The van der Waals surface area contributed by atoms with Gasteiger partial charge in [0, 0.05) is 37.6 Å². The first-order valence-electron chi connectivity index (χ1n) is 10.4. The minimum atomic E-state index is -0.0566. The zero-order chi connectivity index (χ0) is 24.2. The number of hydrogen-bond donors (Lipinski definition) is 3. The number of nitriles is 1. The molecule has 2 aromatic carbocycles. The fourth-order valence-corrected chi connectivity index (χ4v) is 3.25. The summed E-state index contributed by atoms with van der Waals surface area (Å²) < 4.78 is 12.2. The van der Waals surface area contributed by atoms with E-state index >= 15 is 0 Å². The Kier molecular flexibility index (Phi) is 6.13. The molecule has 0 saturated heterocycles. The van der Waals surface area contributed by atoms with E-state index in [0.717, 1.165) is 11.5 Å². The largest absolute Gasteiger partial charge is 0.507 e. The smallest absolute Gasteiger partial charge is 0.419 e. The zero-order valence-electron chi connectivity index (χ0n) is 19.0. The molecule has 0 unspecified atom stereocenters. The van der Waals surface area contributed by atoms with Gasteiger partial charge in [0.25, 0.3) is 0 Å². The van der Waals surface area contributed by atoms with Crippen molar-refractivity contribution < 1.29 is 14.5 Å². The van der Waals surface area contributed by atoms with E-state index in [-0.39, 0.29) is 12.0 Å². The molecule has 0 fully saturated rings. The molecule has 0 bridgehead atoms. The topological polar surface area (TPSA) is 166 Å². The van der Waals surface area contributed by atoms with Crippen molar-refractivity contribution in [3.8, 4) is 29.5 Å². The fourth-order valence-electron chi connectivity index (χ4n) is 3.25. The van der Waals surface area contributed by atoms with Gasteiger partial charge in [0.2, 0.25) is 0 Å². The Bertz CT molecular complexity index is 1420. The van der Waals surface area contributed by atoms with Crippen LogP contribution >= 0.6 is 0 Å². The number of guanidine groups is 1. The normalized spacial score (nSPS) is 10.5. The first kappa shape index (κ1) is 22.3. The van der Waals surface area contributed by atoms with Gasteiger partial charge in [-0.3, -0.25) is 0 Å². The first-order chi connectivity index (χ1) is 16.4. The summed E-state index contributed by atoms with van der Waals surface area (Å²) in [5.74, 6) is 1.97. The van der Waals surface area contributed by atoms with Crippen molar-refractivity contribution >= 4 is 28.5 Å². The van der Waals surface area contributed by atoms with Gasteiger partial charge in [0.05, 0.1) is 23.0 Å². The average Bonchev–Trinajstić information content (AvgIpc) is 3.22. The van der Waals surface area contributed by atoms with Gasteiger partial charge in [-0.05, 0) is 24.3 Å². The maximum atomic E-state index is 9.35. The SMILES string of the molecule is CCc1nc2nc(Oc3cccc(N=C(N)N)c3)[nH+]c(Oc3cc(C#N)ccc3N(C)C)c2[nH]1. The van der Waals surface area contributed by atoms with Crippen LogP contribution in [0.1, 0.15) is 18.3 Å². The standard InChI is InChI=1S/C23H23N9O2/c1-4-18-28-19-20(29-18)30-23(33-15-7-5-6-14(11-15)27-22(25)26)31-21(19)34-17-10-13(12-24)8-9-16(17)32(2)3/h5-11H,4H2,1-3H3,(H4,25,26,27)(H,28,29,30,31)/p+1. The van der Waals surface area contributed by atoms with Gasteiger partial charge in [-0.15, -0.1) is 0 Å². The minimum absolute atomic E-state index is 0.0566. The van der Waals surface area contributed by atoms with Gasteiger partial charge in [-0.2, -0.15) is 15.2 Å². The van der Waals surface area contributed by atoms with Gasteiger partial charge >= 0.3 is 17.5 Å². The summed E-state index contributed by atoms with van der Waals surface area (Å²) in [5, 5.41) is 9.35. The van der Waals surface area contributed by atoms with Crippen molar-refractivity contribution in [2.75, 3.05) is 19.0 Å². The molecule has 2 heterocycles. The van der Waals surface area contributed by atoms with Gasteiger partial charge in [0.15, 0.2) is 17.2 Å². The van der Waals surface area contributed by atoms with Gasteiger partial charge < -0.3 is 30.8 Å². The number of aryl methyl sites for hydroxylation is 1. The van der Waals surface area contributed by atoms with Crippen molar-refractivity contribution in [1.29, 1.82) is 5.26 Å². The van der Waals surface area contributed by atoms with Crippen molar-refractivity contribution in [3.05, 3.63) is 53.9 Å². The van der Waals surface area contributed by atoms with Crippen LogP contribution < -0.4 is 30.8 Å². The summed E-state index contributed by atoms with van der Waals surface area (Å²) in [6.07, 6.45) is 0.680. The molecule has 0 amide bonds. The number of hydrogen-bond acceptors (Lipinski definition) is 7. The number of anilines is 1. The molecule has 11 heteroatoms. The highest BCUT2D eigenvalue weighted by atomic mass is 16.5. The molecule has 172 valence electrons. The molecule has 11 nitrogen and oxygen atoms in total. The molecule has 0 aliphatic heterocycles. The van der Waals surface area contributed by atoms with Crippen LogP contribution in [0.5, 0.6) is 23.4 Å². The molecule has 0 radical (unpaired) electrons. The van der Waals surface area contributed by atoms with Crippen molar-refractivity contribution in [2.45, 2.75) is 13.3 Å². The number of nitrogens with two attached hydrogens (primary N) is 2. The second-order valence-electron chi connectivity index (χ2n) is 7.53. The molecule has 0 atom stereocenters. The van der Waals surface area contributed by atoms with Gasteiger partial charge in [-0.1, -0.05) is 13.0 Å². The minimum Gasteiger partial charge on any atom is -0.419 e. The second-order valence-corrected chi connectivity index (χ2v) is 7.53. The maximum Gasteiger partial charge on any atom is 0.507 e. The van der Waals surface area contributed by atoms with Crippen LogP contribution in [0.25, 0.3) is 11.2 Å². The lowest BCUT2D eigenvalue weighted by Crippen LogP contribution is -2.21. The van der Waals surface area contributed by atoms with Crippen LogP contribution in [0.4, 0.5) is 11.4 Å². The van der Waals surface area contributed by atoms with E-state index in [1.807, 2.05) is 32.0 Å². The van der Waals surface area contributed by atoms with Gasteiger partial charge in [-0.25, -0.2) is 4.99 Å². The summed E-state index contributed by atoms with van der Waals surface area (Å²) in [6, 6.07) is 14.4. The van der Waals surface area contributed by atoms with E-state index in [9.17, 15) is 5.26 Å². The van der Waals surface area contributed by atoms with Crippen LogP contribution in [0.2, 0.25) is 0 Å². The second kappa shape index (κ2) is 9.33. The summed E-state index contributed by atoms with van der Waals surface area (Å²) in [7, 11) is 3.78. The first-order valence-corrected chi connectivity index (χ1v) is 10.4.